The van der Waals surface area contributed by atoms with Crippen molar-refractivity contribution >= 4 is 73.9 Å². The predicted octanol–water partition coefficient (Wildman–Crippen LogP) is 8.84. The van der Waals surface area contributed by atoms with Gasteiger partial charge in [-0.25, -0.2) is 4.98 Å². The number of benzene rings is 2. The smallest absolute Gasteiger partial charge is 0.275 e. The Balaban J connectivity index is 1.12. The lowest BCUT2D eigenvalue weighted by molar-refractivity contribution is -0.199. The van der Waals surface area contributed by atoms with E-state index in [-0.39, 0.29) is 16.2 Å². The lowest BCUT2D eigenvalue weighted by Gasteiger charge is -2.69. The number of aryl methyl sites for hydroxylation is 1. The highest BCUT2D eigenvalue weighted by atomic mass is 79.9. The van der Waals surface area contributed by atoms with E-state index in [0.29, 0.717) is 55.8 Å². The van der Waals surface area contributed by atoms with Crippen molar-refractivity contribution in [2.24, 2.45) is 28.1 Å². The molecule has 3 aliphatic carbocycles. The summed E-state index contributed by atoms with van der Waals surface area (Å²) >= 11 is 3.59. The van der Waals surface area contributed by atoms with Gasteiger partial charge in [-0.2, -0.15) is 9.77 Å². The van der Waals surface area contributed by atoms with Crippen LogP contribution >= 0.6 is 23.1 Å². The van der Waals surface area contributed by atoms with E-state index in [9.17, 15) is 10.1 Å². The number of halogens is 1. The van der Waals surface area contributed by atoms with Crippen molar-refractivity contribution in [1.82, 2.24) is 19.9 Å². The molecule has 4 fully saturated rings. The number of anilines is 5. The first kappa shape index (κ1) is 36.5. The lowest BCUT2D eigenvalue weighted by Crippen LogP contribution is -2.69. The van der Waals surface area contributed by atoms with Crippen molar-refractivity contribution in [1.29, 1.82) is 0 Å². The summed E-state index contributed by atoms with van der Waals surface area (Å²) in [7, 11) is -1.08. The molecule has 1 saturated heterocycles. The van der Waals surface area contributed by atoms with Gasteiger partial charge in [0, 0.05) is 43.4 Å². The van der Waals surface area contributed by atoms with Gasteiger partial charge in [0.25, 0.3) is 5.71 Å². The molecule has 3 atom stereocenters. The third-order valence-electron chi connectivity index (χ3n) is 13.0. The van der Waals surface area contributed by atoms with Crippen LogP contribution in [0.25, 0.3) is 16.6 Å². The quantitative estimate of drug-likeness (QED) is 0.0967. The highest BCUT2D eigenvalue weighted by molar-refractivity contribution is 9.10. The van der Waals surface area contributed by atoms with Gasteiger partial charge in [0.05, 0.1) is 45.6 Å². The molecule has 8 rings (SSSR count). The van der Waals surface area contributed by atoms with Crippen LogP contribution in [0.1, 0.15) is 65.9 Å². The number of hydrogen-bond acceptors (Lipinski definition) is 9. The summed E-state index contributed by atoms with van der Waals surface area (Å²) in [4.78, 5) is 24.7. The zero-order valence-corrected chi connectivity index (χ0v) is 33.9. The second-order valence-corrected chi connectivity index (χ2v) is 20.2. The lowest BCUT2D eigenvalue weighted by atomic mass is 9.32. The van der Waals surface area contributed by atoms with Crippen LogP contribution < -0.4 is 25.6 Å². The van der Waals surface area contributed by atoms with Crippen molar-refractivity contribution in [2.45, 2.75) is 66.7 Å². The summed E-state index contributed by atoms with van der Waals surface area (Å²) in [5, 5.41) is 7.40. The van der Waals surface area contributed by atoms with Crippen LogP contribution in [0.2, 0.25) is 0 Å². The Bertz CT molecular complexity index is 2160. The molecule has 0 radical (unpaired) electrons. The van der Waals surface area contributed by atoms with Crippen molar-refractivity contribution in [3.63, 3.8) is 0 Å². The molecular weight excluding hydrogens is 737 g/mol. The van der Waals surface area contributed by atoms with E-state index in [1.54, 1.807) is 39.0 Å². The number of nitrogens with zero attached hydrogens (tertiary/aromatic N) is 7. The molecule has 13 heteroatoms. The third kappa shape index (κ3) is 5.91. The molecule has 2 N–H and O–H groups in total. The second kappa shape index (κ2) is 13.2. The van der Waals surface area contributed by atoms with Crippen LogP contribution in [-0.2, 0) is 11.0 Å². The summed E-state index contributed by atoms with van der Waals surface area (Å²) in [6, 6.07) is 7.99. The van der Waals surface area contributed by atoms with E-state index in [2.05, 4.69) is 98.0 Å². The molecule has 4 aliphatic rings. The molecule has 52 heavy (non-hydrogen) atoms. The van der Waals surface area contributed by atoms with Gasteiger partial charge in [0.15, 0.2) is 0 Å². The number of fused-ring (bicyclic) bond motifs is 3. The van der Waals surface area contributed by atoms with Gasteiger partial charge >= 0.3 is 0 Å². The topological polar surface area (TPSA) is 142 Å². The van der Waals surface area contributed by atoms with Crippen LogP contribution in [0.5, 0.6) is 5.75 Å². The van der Waals surface area contributed by atoms with Gasteiger partial charge in [-0.05, 0) is 108 Å². The first-order chi connectivity index (χ1) is 24.6. The van der Waals surface area contributed by atoms with Gasteiger partial charge in [-0.3, -0.25) is 9.97 Å². The normalized spacial score (nSPS) is 24.3. The minimum absolute atomic E-state index is 0.0871. The zero-order chi connectivity index (χ0) is 37.2. The molecule has 2 aromatic heterocycles. The van der Waals surface area contributed by atoms with Gasteiger partial charge in [-0.1, -0.05) is 27.7 Å². The third-order valence-corrected chi connectivity index (χ3v) is 15.1. The van der Waals surface area contributed by atoms with Crippen molar-refractivity contribution < 1.29 is 14.1 Å². The van der Waals surface area contributed by atoms with Crippen LogP contribution in [-0.4, -0.2) is 64.0 Å². The molecule has 3 heterocycles. The fraction of sp³-hybridized carbons (Fsp3) is 0.513. The number of aromatic nitrogens is 4. The monoisotopic (exact) mass is 785 g/mol. The molecule has 4 aromatic rings. The molecule has 274 valence electrons. The van der Waals surface area contributed by atoms with Crippen LogP contribution in [0, 0.1) is 28.1 Å². The standard InChI is InChI=1S/C39H49BrN9O2P/c1-9-23-18-28(46-36-44-22-25(40)35(47-36)45-27-11-10-26-33(43-15-14-42-26)34(27)52(7,8)50)30(51-6)19-29(23)49-16-12-24(13-17-49)39(5)31-20-38(4,37(31,2)3)21-32(39)48-41/h10-11,14-15,18-19,22,24,31H,9,12-13,16-17,20-21H2,1-8H3,(H2,44,45,46,47). The maximum Gasteiger partial charge on any atom is 0.275 e. The molecule has 3 saturated carbocycles. The largest absolute Gasteiger partial charge is 0.494 e. The summed E-state index contributed by atoms with van der Waals surface area (Å²) in [6.45, 7) is 17.1. The minimum atomic E-state index is -2.76. The molecule has 2 bridgehead atoms. The summed E-state index contributed by atoms with van der Waals surface area (Å²) in [5.41, 5.74) is 16.6. The van der Waals surface area contributed by atoms with E-state index >= 15 is 0 Å². The maximum atomic E-state index is 13.5. The minimum Gasteiger partial charge on any atom is -0.494 e. The number of rotatable bonds is 9. The fourth-order valence-electron chi connectivity index (χ4n) is 9.55. The van der Waals surface area contributed by atoms with E-state index in [1.165, 1.54) is 17.7 Å². The predicted molar refractivity (Wildman–Crippen MR) is 214 cm³/mol. The van der Waals surface area contributed by atoms with Crippen molar-refractivity contribution in [2.75, 3.05) is 49.1 Å². The Morgan fingerprint density at radius 1 is 1.06 bits per heavy atom. The average Bonchev–Trinajstić information content (AvgIpc) is 3.12. The number of piperidine rings is 1. The van der Waals surface area contributed by atoms with Crippen LogP contribution in [0.3, 0.4) is 0 Å². The molecule has 2 aromatic carbocycles. The van der Waals surface area contributed by atoms with E-state index in [0.717, 1.165) is 50.2 Å². The van der Waals surface area contributed by atoms with E-state index in [4.69, 9.17) is 9.72 Å². The maximum absolute atomic E-state index is 13.5. The Morgan fingerprint density at radius 2 is 1.79 bits per heavy atom. The van der Waals surface area contributed by atoms with Gasteiger partial charge in [-0.15, -0.1) is 0 Å². The summed E-state index contributed by atoms with van der Waals surface area (Å²) < 4.78 is 20.1. The molecule has 0 spiro atoms. The van der Waals surface area contributed by atoms with E-state index < -0.39 is 7.14 Å². The van der Waals surface area contributed by atoms with Crippen molar-refractivity contribution in [3.8, 4) is 5.75 Å². The summed E-state index contributed by atoms with van der Waals surface area (Å²) in [6.07, 6.45) is 9.96. The zero-order valence-electron chi connectivity index (χ0n) is 31.4. The molecule has 11 nitrogen and oxygen atoms in total. The van der Waals surface area contributed by atoms with Gasteiger partial charge < -0.3 is 30.4 Å². The summed E-state index contributed by atoms with van der Waals surface area (Å²) in [5.74, 6) is 2.59. The number of methoxy groups -OCH3 is 1. The van der Waals surface area contributed by atoms with Gasteiger partial charge in [0.1, 0.15) is 24.2 Å². The number of ether oxygens (including phenoxy) is 1. The Hall–Kier alpha value is -3.85. The first-order valence-corrected chi connectivity index (χ1v) is 21.6. The van der Waals surface area contributed by atoms with Crippen LogP contribution in [0.4, 0.5) is 28.8 Å². The number of hydrogen-bond donors (Lipinski definition) is 2. The first-order valence-electron chi connectivity index (χ1n) is 18.2. The van der Waals surface area contributed by atoms with E-state index in [1.807, 2.05) is 12.1 Å². The highest BCUT2D eigenvalue weighted by Gasteiger charge is 2.72. The molecule has 1 aliphatic heterocycles. The van der Waals surface area contributed by atoms with Crippen molar-refractivity contribution in [3.05, 3.63) is 58.4 Å². The molecule has 3 unspecified atom stereocenters. The van der Waals surface area contributed by atoms with Crippen LogP contribution in [0.15, 0.2) is 47.3 Å². The number of nitrogens with one attached hydrogen (secondary N) is 2. The fourth-order valence-corrected chi connectivity index (χ4v) is 11.2. The molecule has 0 amide bonds. The SMILES string of the molecule is CCc1cc(Nc2ncc(Br)c(Nc3ccc4nccnc4c3P(C)(C)=O)n2)c(OC)cc1N1CCC(C2(C)C(=[N+]=[N-])CC3(C)CC2C3(C)C)CC1. The second-order valence-electron chi connectivity index (χ2n) is 16.2. The Kier molecular flexibility index (Phi) is 9.28. The average molecular weight is 787 g/mol. The van der Waals surface area contributed by atoms with Gasteiger partial charge in [0.2, 0.25) is 5.95 Å². The Labute approximate surface area is 314 Å². The highest BCUT2D eigenvalue weighted by Crippen LogP contribution is 2.73. The Morgan fingerprint density at radius 3 is 2.44 bits per heavy atom. The molecular formula is C39H49BrN9O2P.